The van der Waals surface area contributed by atoms with Gasteiger partial charge >= 0.3 is 6.09 Å². The van der Waals surface area contributed by atoms with Gasteiger partial charge in [-0.05, 0) is 44.8 Å². The molecule has 1 saturated heterocycles. The van der Waals surface area contributed by atoms with Crippen LogP contribution >= 0.6 is 0 Å². The van der Waals surface area contributed by atoms with Crippen LogP contribution in [-0.4, -0.2) is 48.4 Å². The van der Waals surface area contributed by atoms with Gasteiger partial charge in [0.1, 0.15) is 5.54 Å². The Hall–Kier alpha value is -2.37. The molecule has 1 atom stereocenters. The number of allylic oxidation sites excluding steroid dienone is 5. The minimum absolute atomic E-state index is 0.00856. The van der Waals surface area contributed by atoms with Gasteiger partial charge in [-0.1, -0.05) is 23.8 Å². The molecule has 6 heteroatoms. The van der Waals surface area contributed by atoms with Crippen molar-refractivity contribution in [1.29, 1.82) is 0 Å². The second-order valence-electron chi connectivity index (χ2n) is 6.58. The number of likely N-dealkylation sites (tertiary alicyclic amines) is 1. The predicted molar refractivity (Wildman–Crippen MR) is 95.0 cm³/mol. The zero-order valence-corrected chi connectivity index (χ0v) is 15.3. The standard InChI is InChI=1S/C19H26N2O4/c1-5-7-15-11-16(10-13(15)2)19(14(3)22,20-18(24)25-4)12-21-9-6-8-17(21)23/h5,7,11H,6,8-10,12H2,1-4H3,(H,20,24)/b7-5-. The van der Waals surface area contributed by atoms with Gasteiger partial charge in [0.2, 0.25) is 5.91 Å². The Bertz CT molecular complexity index is 675. The Morgan fingerprint density at radius 1 is 1.44 bits per heavy atom. The van der Waals surface area contributed by atoms with Gasteiger partial charge in [-0.3, -0.25) is 9.59 Å². The summed E-state index contributed by atoms with van der Waals surface area (Å²) >= 11 is 0. The summed E-state index contributed by atoms with van der Waals surface area (Å²) in [5.74, 6) is -0.201. The van der Waals surface area contributed by atoms with Crippen LogP contribution < -0.4 is 5.32 Å². The molecular formula is C19H26N2O4. The van der Waals surface area contributed by atoms with Crippen molar-refractivity contribution in [3.63, 3.8) is 0 Å². The smallest absolute Gasteiger partial charge is 0.407 e. The maximum absolute atomic E-state index is 12.7. The topological polar surface area (TPSA) is 75.7 Å². The third-order valence-corrected chi connectivity index (χ3v) is 4.87. The van der Waals surface area contributed by atoms with Gasteiger partial charge in [0.15, 0.2) is 5.78 Å². The van der Waals surface area contributed by atoms with E-state index in [2.05, 4.69) is 5.32 Å². The van der Waals surface area contributed by atoms with Crippen molar-refractivity contribution < 1.29 is 19.1 Å². The molecule has 0 aromatic carbocycles. The first kappa shape index (κ1) is 19.0. The highest BCUT2D eigenvalue weighted by Gasteiger charge is 2.45. The highest BCUT2D eigenvalue weighted by molar-refractivity contribution is 5.95. The molecule has 1 aliphatic heterocycles. The van der Waals surface area contributed by atoms with Gasteiger partial charge in [-0.2, -0.15) is 0 Å². The van der Waals surface area contributed by atoms with Crippen molar-refractivity contribution in [3.8, 4) is 0 Å². The minimum Gasteiger partial charge on any atom is -0.453 e. The van der Waals surface area contributed by atoms with E-state index in [0.29, 0.717) is 19.4 Å². The lowest BCUT2D eigenvalue weighted by molar-refractivity contribution is -0.130. The summed E-state index contributed by atoms with van der Waals surface area (Å²) in [6.45, 7) is 6.11. The largest absolute Gasteiger partial charge is 0.453 e. The maximum atomic E-state index is 12.7. The number of methoxy groups -OCH3 is 1. The molecule has 6 nitrogen and oxygen atoms in total. The molecule has 0 saturated carbocycles. The van der Waals surface area contributed by atoms with Gasteiger partial charge in [0.25, 0.3) is 0 Å². The van der Waals surface area contributed by atoms with Gasteiger partial charge < -0.3 is 15.0 Å². The van der Waals surface area contributed by atoms with Crippen molar-refractivity contribution in [3.05, 3.63) is 34.9 Å². The number of ether oxygens (including phenoxy) is 1. The van der Waals surface area contributed by atoms with Gasteiger partial charge in [-0.25, -0.2) is 4.79 Å². The quantitative estimate of drug-likeness (QED) is 0.802. The van der Waals surface area contributed by atoms with Crippen LogP contribution in [-0.2, 0) is 14.3 Å². The molecular weight excluding hydrogens is 320 g/mol. The molecule has 0 aromatic heterocycles. The van der Waals surface area contributed by atoms with Gasteiger partial charge in [-0.15, -0.1) is 0 Å². The minimum atomic E-state index is -1.27. The van der Waals surface area contributed by atoms with Crippen LogP contribution in [0.2, 0.25) is 0 Å². The van der Waals surface area contributed by atoms with Crippen LogP contribution in [0.4, 0.5) is 4.79 Å². The fourth-order valence-corrected chi connectivity index (χ4v) is 3.42. The van der Waals surface area contributed by atoms with E-state index in [9.17, 15) is 14.4 Å². The first-order valence-corrected chi connectivity index (χ1v) is 8.52. The number of rotatable bonds is 6. The number of hydrogen-bond acceptors (Lipinski definition) is 4. The van der Waals surface area contributed by atoms with Crippen LogP contribution in [0.1, 0.15) is 40.0 Å². The van der Waals surface area contributed by atoms with Crippen molar-refractivity contribution in [1.82, 2.24) is 10.2 Å². The molecule has 2 aliphatic rings. The van der Waals surface area contributed by atoms with E-state index in [0.717, 1.165) is 23.1 Å². The second kappa shape index (κ2) is 7.68. The van der Waals surface area contributed by atoms with Crippen LogP contribution in [0.15, 0.2) is 34.9 Å². The van der Waals surface area contributed by atoms with E-state index in [1.165, 1.54) is 14.0 Å². The van der Waals surface area contributed by atoms with E-state index in [1.54, 1.807) is 4.90 Å². The number of carbonyl (C=O) groups is 3. The molecule has 0 radical (unpaired) electrons. The summed E-state index contributed by atoms with van der Waals surface area (Å²) in [7, 11) is 1.26. The van der Waals surface area contributed by atoms with Crippen LogP contribution in [0, 0.1) is 0 Å². The third kappa shape index (κ3) is 3.83. The average Bonchev–Trinajstić information content (AvgIpc) is 3.13. The van der Waals surface area contributed by atoms with Crippen LogP contribution in [0.5, 0.6) is 0 Å². The normalized spacial score (nSPS) is 20.1. The summed E-state index contributed by atoms with van der Waals surface area (Å²) in [6.07, 6.45) is 6.99. The van der Waals surface area contributed by atoms with Crippen LogP contribution in [0.25, 0.3) is 0 Å². The number of hydrogen-bond donors (Lipinski definition) is 1. The number of nitrogens with one attached hydrogen (secondary N) is 1. The number of Topliss-reactive ketones (excluding diaryl/α,β-unsaturated/α-hetero) is 1. The Balaban J connectivity index is 2.43. The molecule has 0 bridgehead atoms. The van der Waals surface area contributed by atoms with E-state index in [1.807, 2.05) is 32.1 Å². The van der Waals surface area contributed by atoms with Crippen LogP contribution in [0.3, 0.4) is 0 Å². The zero-order valence-electron chi connectivity index (χ0n) is 15.3. The number of ketones is 1. The molecule has 1 unspecified atom stereocenters. The molecule has 1 N–H and O–H groups in total. The Labute approximate surface area is 148 Å². The highest BCUT2D eigenvalue weighted by atomic mass is 16.5. The van der Waals surface area contributed by atoms with Gasteiger partial charge in [0, 0.05) is 13.0 Å². The lowest BCUT2D eigenvalue weighted by Crippen LogP contribution is -2.61. The van der Waals surface area contributed by atoms with Crippen molar-refractivity contribution in [2.45, 2.75) is 45.6 Å². The summed E-state index contributed by atoms with van der Waals surface area (Å²) in [6, 6.07) is 0. The van der Waals surface area contributed by atoms with E-state index in [-0.39, 0.29) is 18.2 Å². The maximum Gasteiger partial charge on any atom is 0.407 e. The summed E-state index contributed by atoms with van der Waals surface area (Å²) < 4.78 is 4.75. The third-order valence-electron chi connectivity index (χ3n) is 4.87. The van der Waals surface area contributed by atoms with E-state index >= 15 is 0 Å². The fourth-order valence-electron chi connectivity index (χ4n) is 3.42. The second-order valence-corrected chi connectivity index (χ2v) is 6.58. The highest BCUT2D eigenvalue weighted by Crippen LogP contribution is 2.35. The monoisotopic (exact) mass is 346 g/mol. The molecule has 2 rings (SSSR count). The Morgan fingerprint density at radius 3 is 2.68 bits per heavy atom. The van der Waals surface area contributed by atoms with Crippen molar-refractivity contribution in [2.75, 3.05) is 20.2 Å². The lowest BCUT2D eigenvalue weighted by atomic mass is 9.83. The molecule has 25 heavy (non-hydrogen) atoms. The molecule has 1 heterocycles. The van der Waals surface area contributed by atoms with E-state index in [4.69, 9.17) is 4.74 Å². The lowest BCUT2D eigenvalue weighted by Gasteiger charge is -2.36. The summed E-state index contributed by atoms with van der Waals surface area (Å²) in [5.41, 5.74) is 1.67. The number of alkyl carbamates (subject to hydrolysis) is 1. The zero-order chi connectivity index (χ0) is 18.6. The molecule has 0 spiro atoms. The number of amides is 2. The predicted octanol–water partition coefficient (Wildman–Crippen LogP) is 2.52. The van der Waals surface area contributed by atoms with Crippen molar-refractivity contribution in [2.24, 2.45) is 0 Å². The van der Waals surface area contributed by atoms with E-state index < -0.39 is 11.6 Å². The summed E-state index contributed by atoms with van der Waals surface area (Å²) in [4.78, 5) is 38.4. The molecule has 136 valence electrons. The first-order chi connectivity index (χ1) is 11.8. The Kier molecular flexibility index (Phi) is 5.82. The van der Waals surface area contributed by atoms with Gasteiger partial charge in [0.05, 0.1) is 13.7 Å². The Morgan fingerprint density at radius 2 is 2.16 bits per heavy atom. The first-order valence-electron chi connectivity index (χ1n) is 8.52. The fraction of sp³-hybridized carbons (Fsp3) is 0.526. The van der Waals surface area contributed by atoms with Crippen molar-refractivity contribution >= 4 is 17.8 Å². The summed E-state index contributed by atoms with van der Waals surface area (Å²) in [5, 5.41) is 2.73. The SMILES string of the molecule is C/C=C\C1=C(C)CC(C(CN2CCCC2=O)(NC(=O)OC)C(C)=O)=C1. The number of nitrogens with zero attached hydrogens (tertiary/aromatic N) is 1. The number of carbonyl (C=O) groups excluding carboxylic acids is 3. The molecule has 1 fully saturated rings. The molecule has 0 aromatic rings. The molecule has 2 amide bonds. The molecule has 1 aliphatic carbocycles. The average molecular weight is 346 g/mol.